The number of anilines is 1. The van der Waals surface area contributed by atoms with E-state index in [1.807, 2.05) is 35.2 Å². The average molecular weight is 349 g/mol. The monoisotopic (exact) mass is 349 g/mol. The van der Waals surface area contributed by atoms with Gasteiger partial charge in [0.15, 0.2) is 6.61 Å². The van der Waals surface area contributed by atoms with E-state index in [-0.39, 0.29) is 18.6 Å². The third-order valence-electron chi connectivity index (χ3n) is 4.62. The fourth-order valence-corrected chi connectivity index (χ4v) is 3.28. The number of amides is 1. The van der Waals surface area contributed by atoms with E-state index in [1.54, 1.807) is 12.1 Å². The Labute approximate surface area is 151 Å². The summed E-state index contributed by atoms with van der Waals surface area (Å²) in [6.07, 6.45) is 3.25. The minimum atomic E-state index is -0.0365. The molecule has 6 nitrogen and oxygen atoms in total. The molecule has 0 saturated carbocycles. The Morgan fingerprint density at radius 1 is 1.23 bits per heavy atom. The van der Waals surface area contributed by atoms with Gasteiger partial charge in [-0.2, -0.15) is 0 Å². The second-order valence-electron chi connectivity index (χ2n) is 6.34. The van der Waals surface area contributed by atoms with Crippen LogP contribution in [0.2, 0.25) is 0 Å². The Bertz CT molecular complexity index is 891. The summed E-state index contributed by atoms with van der Waals surface area (Å²) in [4.78, 5) is 14.6. The van der Waals surface area contributed by atoms with Crippen molar-refractivity contribution in [2.24, 2.45) is 0 Å². The molecule has 26 heavy (non-hydrogen) atoms. The number of aryl methyl sites for hydroxylation is 1. The minimum Gasteiger partial charge on any atom is -0.484 e. The van der Waals surface area contributed by atoms with Crippen LogP contribution in [0.25, 0.3) is 11.5 Å². The molecule has 0 fully saturated rings. The zero-order valence-electron chi connectivity index (χ0n) is 14.5. The van der Waals surface area contributed by atoms with Gasteiger partial charge in [-0.1, -0.05) is 18.2 Å². The topological polar surface area (TPSA) is 68.5 Å². The van der Waals surface area contributed by atoms with Gasteiger partial charge in [0.25, 0.3) is 5.91 Å². The fraction of sp³-hybridized carbons (Fsp3) is 0.250. The van der Waals surface area contributed by atoms with Crippen molar-refractivity contribution in [3.63, 3.8) is 0 Å². The first-order chi connectivity index (χ1) is 12.7. The van der Waals surface area contributed by atoms with E-state index in [0.717, 1.165) is 24.1 Å². The molecule has 4 rings (SSSR count). The van der Waals surface area contributed by atoms with E-state index in [2.05, 4.69) is 23.2 Å². The predicted molar refractivity (Wildman–Crippen MR) is 96.9 cm³/mol. The van der Waals surface area contributed by atoms with Crippen molar-refractivity contribution < 1.29 is 13.9 Å². The number of carbonyl (C=O) groups is 1. The van der Waals surface area contributed by atoms with E-state index in [4.69, 9.17) is 9.15 Å². The standard InChI is InChI=1S/C20H19N3O3/c1-14-6-7-15-4-2-3-5-18(15)23(14)19(24)12-25-17-10-8-16(9-11-17)20-22-21-13-26-20/h2-5,8-11,13-14H,6-7,12H2,1H3/t14-/m0/s1. The van der Waals surface area contributed by atoms with Crippen LogP contribution in [0.3, 0.4) is 0 Å². The Kier molecular flexibility index (Phi) is 4.39. The summed E-state index contributed by atoms with van der Waals surface area (Å²) in [5, 5.41) is 7.52. The van der Waals surface area contributed by atoms with Crippen LogP contribution in [0.5, 0.6) is 5.75 Å². The molecule has 1 atom stereocenters. The lowest BCUT2D eigenvalue weighted by molar-refractivity contribution is -0.121. The molecular weight excluding hydrogens is 330 g/mol. The van der Waals surface area contributed by atoms with E-state index < -0.39 is 0 Å². The van der Waals surface area contributed by atoms with Gasteiger partial charge in [0.2, 0.25) is 12.3 Å². The summed E-state index contributed by atoms with van der Waals surface area (Å²) in [5.41, 5.74) is 3.01. The minimum absolute atomic E-state index is 0.00141. The quantitative estimate of drug-likeness (QED) is 0.721. The zero-order valence-corrected chi connectivity index (χ0v) is 14.5. The van der Waals surface area contributed by atoms with Crippen molar-refractivity contribution in [1.82, 2.24) is 10.2 Å². The average Bonchev–Trinajstić information content (AvgIpc) is 3.21. The second-order valence-corrected chi connectivity index (χ2v) is 6.34. The summed E-state index contributed by atoms with van der Waals surface area (Å²) in [6.45, 7) is 2.08. The third-order valence-corrected chi connectivity index (χ3v) is 4.62. The summed E-state index contributed by atoms with van der Waals surface area (Å²) < 4.78 is 10.9. The molecule has 0 N–H and O–H groups in total. The second kappa shape index (κ2) is 7.00. The fourth-order valence-electron chi connectivity index (χ4n) is 3.28. The molecule has 2 aromatic carbocycles. The molecule has 0 aliphatic carbocycles. The van der Waals surface area contributed by atoms with Crippen LogP contribution in [0, 0.1) is 0 Å². The van der Waals surface area contributed by atoms with Crippen LogP contribution in [-0.4, -0.2) is 28.8 Å². The summed E-state index contributed by atoms with van der Waals surface area (Å²) in [5.74, 6) is 1.04. The molecule has 0 saturated heterocycles. The third kappa shape index (κ3) is 3.18. The Balaban J connectivity index is 1.44. The maximum atomic E-state index is 12.8. The molecule has 132 valence electrons. The predicted octanol–water partition coefficient (Wildman–Crippen LogP) is 3.48. The smallest absolute Gasteiger partial charge is 0.265 e. The number of hydrogen-bond acceptors (Lipinski definition) is 5. The van der Waals surface area contributed by atoms with E-state index >= 15 is 0 Å². The lowest BCUT2D eigenvalue weighted by atomic mass is 9.96. The molecular formula is C20H19N3O3. The van der Waals surface area contributed by atoms with Gasteiger partial charge < -0.3 is 14.1 Å². The van der Waals surface area contributed by atoms with Gasteiger partial charge in [-0.3, -0.25) is 4.79 Å². The molecule has 1 aliphatic rings. The van der Waals surface area contributed by atoms with Crippen LogP contribution in [0.4, 0.5) is 5.69 Å². The number of ether oxygens (including phenoxy) is 1. The Hall–Kier alpha value is -3.15. The molecule has 0 radical (unpaired) electrons. The molecule has 2 heterocycles. The number of para-hydroxylation sites is 1. The molecule has 3 aromatic rings. The SMILES string of the molecule is C[C@H]1CCc2ccccc2N1C(=O)COc1ccc(-c2nnco2)cc1. The molecule has 1 aliphatic heterocycles. The van der Waals surface area contributed by atoms with Crippen LogP contribution in [0.15, 0.2) is 59.3 Å². The first-order valence-electron chi connectivity index (χ1n) is 8.62. The first kappa shape index (κ1) is 16.3. The maximum Gasteiger partial charge on any atom is 0.265 e. The molecule has 1 amide bonds. The van der Waals surface area contributed by atoms with Gasteiger partial charge in [-0.05, 0) is 55.7 Å². The van der Waals surface area contributed by atoms with Crippen LogP contribution in [0.1, 0.15) is 18.9 Å². The highest BCUT2D eigenvalue weighted by Gasteiger charge is 2.28. The highest BCUT2D eigenvalue weighted by Crippen LogP contribution is 2.30. The Morgan fingerprint density at radius 3 is 2.81 bits per heavy atom. The van der Waals surface area contributed by atoms with Crippen LogP contribution >= 0.6 is 0 Å². The summed E-state index contributed by atoms with van der Waals surface area (Å²) >= 11 is 0. The number of hydrogen-bond donors (Lipinski definition) is 0. The lowest BCUT2D eigenvalue weighted by Crippen LogP contribution is -2.44. The molecule has 1 aromatic heterocycles. The zero-order chi connectivity index (χ0) is 17.9. The number of aromatic nitrogens is 2. The van der Waals surface area contributed by atoms with Crippen molar-refractivity contribution >= 4 is 11.6 Å². The molecule has 0 bridgehead atoms. The first-order valence-corrected chi connectivity index (χ1v) is 8.62. The van der Waals surface area contributed by atoms with Crippen molar-refractivity contribution in [1.29, 1.82) is 0 Å². The number of rotatable bonds is 4. The van der Waals surface area contributed by atoms with Gasteiger partial charge >= 0.3 is 0 Å². The van der Waals surface area contributed by atoms with Crippen molar-refractivity contribution in [3.8, 4) is 17.2 Å². The normalized spacial score (nSPS) is 16.2. The highest BCUT2D eigenvalue weighted by molar-refractivity contribution is 5.96. The van der Waals surface area contributed by atoms with Gasteiger partial charge in [-0.25, -0.2) is 0 Å². The number of carbonyl (C=O) groups excluding carboxylic acids is 1. The van der Waals surface area contributed by atoms with E-state index in [9.17, 15) is 4.79 Å². The summed E-state index contributed by atoms with van der Waals surface area (Å²) in [7, 11) is 0. The molecule has 6 heteroatoms. The number of benzene rings is 2. The number of nitrogens with zero attached hydrogens (tertiary/aromatic N) is 3. The molecule has 0 spiro atoms. The maximum absolute atomic E-state index is 12.8. The van der Waals surface area contributed by atoms with Crippen LogP contribution < -0.4 is 9.64 Å². The highest BCUT2D eigenvalue weighted by atomic mass is 16.5. The van der Waals surface area contributed by atoms with Gasteiger partial charge in [-0.15, -0.1) is 10.2 Å². The van der Waals surface area contributed by atoms with Gasteiger partial charge in [0, 0.05) is 17.3 Å². The van der Waals surface area contributed by atoms with Crippen LogP contribution in [-0.2, 0) is 11.2 Å². The van der Waals surface area contributed by atoms with Gasteiger partial charge in [0.1, 0.15) is 5.75 Å². The van der Waals surface area contributed by atoms with Gasteiger partial charge in [0.05, 0.1) is 0 Å². The summed E-state index contributed by atoms with van der Waals surface area (Å²) in [6, 6.07) is 15.5. The Morgan fingerprint density at radius 2 is 2.04 bits per heavy atom. The number of fused-ring (bicyclic) bond motifs is 1. The lowest BCUT2D eigenvalue weighted by Gasteiger charge is -2.35. The molecule has 0 unspecified atom stereocenters. The van der Waals surface area contributed by atoms with Crippen molar-refractivity contribution in [2.45, 2.75) is 25.8 Å². The van der Waals surface area contributed by atoms with E-state index in [0.29, 0.717) is 11.6 Å². The largest absolute Gasteiger partial charge is 0.484 e. The van der Waals surface area contributed by atoms with E-state index in [1.165, 1.54) is 12.0 Å². The van der Waals surface area contributed by atoms with Crippen molar-refractivity contribution in [2.75, 3.05) is 11.5 Å². The van der Waals surface area contributed by atoms with Crippen molar-refractivity contribution in [3.05, 3.63) is 60.5 Å².